The number of aliphatic imine (C=N–C) groups is 1. The number of benzene rings is 2. The molecule has 1 aliphatic rings. The molecule has 0 amide bonds. The number of rotatable bonds is 7. The third-order valence-corrected chi connectivity index (χ3v) is 5.86. The van der Waals surface area contributed by atoms with Crippen molar-refractivity contribution in [3.8, 4) is 17.2 Å². The third-order valence-electron chi connectivity index (χ3n) is 5.86. The second kappa shape index (κ2) is 10.8. The van der Waals surface area contributed by atoms with Crippen molar-refractivity contribution in [1.29, 1.82) is 0 Å². The zero-order valence-corrected chi connectivity index (χ0v) is 20.8. The molecule has 8 nitrogen and oxygen atoms in total. The lowest BCUT2D eigenvalue weighted by Crippen LogP contribution is -2.47. The van der Waals surface area contributed by atoms with Gasteiger partial charge in [0.2, 0.25) is 5.75 Å². The highest BCUT2D eigenvalue weighted by atomic mass is 19.4. The molecule has 0 saturated heterocycles. The smallest absolute Gasteiger partial charge is 0.416 e. The Labute approximate surface area is 207 Å². The van der Waals surface area contributed by atoms with E-state index in [1.165, 1.54) is 40.6 Å². The van der Waals surface area contributed by atoms with Crippen LogP contribution in [0.4, 0.5) is 13.2 Å². The average Bonchev–Trinajstić information content (AvgIpc) is 2.87. The molecule has 0 aliphatic carbocycles. The van der Waals surface area contributed by atoms with E-state index in [-0.39, 0.29) is 17.7 Å². The Bertz CT molecular complexity index is 1170. The minimum Gasteiger partial charge on any atom is -0.493 e. The number of allylic oxidation sites excluding steroid dienone is 1. The van der Waals surface area contributed by atoms with Gasteiger partial charge in [-0.2, -0.15) is 13.2 Å². The summed E-state index contributed by atoms with van der Waals surface area (Å²) in [4.78, 5) is 18.9. The van der Waals surface area contributed by atoms with Crippen molar-refractivity contribution in [2.24, 2.45) is 4.99 Å². The quantitative estimate of drug-likeness (QED) is 0.560. The van der Waals surface area contributed by atoms with Crippen LogP contribution in [0.15, 0.2) is 52.7 Å². The van der Waals surface area contributed by atoms with Crippen molar-refractivity contribution in [3.63, 3.8) is 0 Å². The zero-order valence-electron chi connectivity index (χ0n) is 20.8. The van der Waals surface area contributed by atoms with Crippen LogP contribution in [-0.2, 0) is 22.3 Å². The number of ether oxygens (including phenoxy) is 4. The second-order valence-electron chi connectivity index (χ2n) is 7.92. The molecule has 0 fully saturated rings. The Morgan fingerprint density at radius 1 is 1.06 bits per heavy atom. The number of esters is 1. The van der Waals surface area contributed by atoms with E-state index in [4.69, 9.17) is 18.9 Å². The summed E-state index contributed by atoms with van der Waals surface area (Å²) < 4.78 is 61.2. The molecule has 0 aromatic heterocycles. The molecule has 0 radical (unpaired) electrons. The van der Waals surface area contributed by atoms with Crippen LogP contribution in [0.5, 0.6) is 17.2 Å². The van der Waals surface area contributed by atoms with Crippen molar-refractivity contribution < 1.29 is 36.9 Å². The molecule has 1 atom stereocenters. The number of nitrogens with one attached hydrogen (secondary N) is 1. The van der Waals surface area contributed by atoms with Crippen LogP contribution in [0.3, 0.4) is 0 Å². The summed E-state index contributed by atoms with van der Waals surface area (Å²) in [6, 6.07) is 7.40. The number of methoxy groups -OCH3 is 4. The molecular weight excluding hydrogens is 479 g/mol. The van der Waals surface area contributed by atoms with Gasteiger partial charge in [0.15, 0.2) is 17.5 Å². The topological polar surface area (TPSA) is 81.6 Å². The molecule has 36 heavy (non-hydrogen) atoms. The monoisotopic (exact) mass is 507 g/mol. The summed E-state index contributed by atoms with van der Waals surface area (Å²) in [7, 11) is 7.43. The van der Waals surface area contributed by atoms with E-state index in [0.29, 0.717) is 28.9 Å². The maximum atomic E-state index is 13.4. The maximum Gasteiger partial charge on any atom is 0.416 e. The highest BCUT2D eigenvalue weighted by molar-refractivity contribution is 5.96. The first kappa shape index (κ1) is 26.7. The molecule has 2 aromatic carbocycles. The number of hydrogen-bond acceptors (Lipinski definition) is 6. The van der Waals surface area contributed by atoms with Crippen LogP contribution >= 0.6 is 0 Å². The number of alkyl halides is 3. The van der Waals surface area contributed by atoms with Gasteiger partial charge in [-0.3, -0.25) is 0 Å². The maximum absolute atomic E-state index is 13.4. The summed E-state index contributed by atoms with van der Waals surface area (Å²) in [6.07, 6.45) is -4.53. The van der Waals surface area contributed by atoms with Gasteiger partial charge in [0.25, 0.3) is 0 Å². The van der Waals surface area contributed by atoms with E-state index < -0.39 is 23.8 Å². The van der Waals surface area contributed by atoms with Gasteiger partial charge in [-0.05, 0) is 42.3 Å². The number of nitrogens with zero attached hydrogens (tertiary/aromatic N) is 2. The zero-order chi connectivity index (χ0) is 26.6. The summed E-state index contributed by atoms with van der Waals surface area (Å²) >= 11 is 0. The summed E-state index contributed by atoms with van der Waals surface area (Å²) in [5.74, 6) is 1.07. The lowest BCUT2D eigenvalue weighted by Gasteiger charge is -2.36. The van der Waals surface area contributed by atoms with Crippen LogP contribution in [0, 0.1) is 0 Å². The van der Waals surface area contributed by atoms with Crippen molar-refractivity contribution in [2.45, 2.75) is 25.7 Å². The lowest BCUT2D eigenvalue weighted by atomic mass is 9.93. The van der Waals surface area contributed by atoms with Gasteiger partial charge in [0.05, 0.1) is 52.2 Å². The normalized spacial score (nSPS) is 17.1. The highest BCUT2D eigenvalue weighted by Crippen LogP contribution is 2.39. The SMILES string of the molecule is COC(=O)C1=C(C)N(C)C(=NCc2cc(OC)c(OC)c(OC)c2)NC1c1cccc(C(F)(F)F)c1. The molecule has 0 saturated carbocycles. The Kier molecular flexibility index (Phi) is 8.01. The van der Waals surface area contributed by atoms with E-state index in [1.807, 2.05) is 0 Å². The first-order valence-electron chi connectivity index (χ1n) is 10.9. The molecule has 194 valence electrons. The molecule has 0 bridgehead atoms. The van der Waals surface area contributed by atoms with Gasteiger partial charge < -0.3 is 29.2 Å². The Balaban J connectivity index is 2.04. The summed E-state index contributed by atoms with van der Waals surface area (Å²) in [5.41, 5.74) is 0.845. The van der Waals surface area contributed by atoms with Crippen molar-refractivity contribution in [3.05, 3.63) is 64.4 Å². The van der Waals surface area contributed by atoms with Crippen LogP contribution < -0.4 is 19.5 Å². The second-order valence-corrected chi connectivity index (χ2v) is 7.92. The standard InChI is InChI=1S/C25H28F3N3O5/c1-14-20(23(32)36-6)21(16-8-7-9-17(12-16)25(26,27)28)30-24(31(14)2)29-13-15-10-18(33-3)22(35-5)19(11-15)34-4/h7-12,21H,13H2,1-6H3,(H,29,30). The summed E-state index contributed by atoms with van der Waals surface area (Å²) in [6.45, 7) is 1.86. The number of carbonyl (C=O) groups excluding carboxylic acids is 1. The van der Waals surface area contributed by atoms with E-state index in [2.05, 4.69) is 10.3 Å². The molecule has 11 heteroatoms. The van der Waals surface area contributed by atoms with E-state index in [9.17, 15) is 18.0 Å². The fraction of sp³-hybridized carbons (Fsp3) is 0.360. The number of guanidine groups is 1. The Hall–Kier alpha value is -3.89. The highest BCUT2D eigenvalue weighted by Gasteiger charge is 2.36. The number of carbonyl (C=O) groups is 1. The van der Waals surface area contributed by atoms with Crippen LogP contribution in [-0.4, -0.2) is 52.3 Å². The van der Waals surface area contributed by atoms with Crippen LogP contribution in [0.25, 0.3) is 0 Å². The first-order valence-corrected chi connectivity index (χ1v) is 10.9. The van der Waals surface area contributed by atoms with E-state index in [1.54, 1.807) is 31.0 Å². The minimum atomic E-state index is -4.53. The van der Waals surface area contributed by atoms with Crippen molar-refractivity contribution in [1.82, 2.24) is 10.2 Å². The Morgan fingerprint density at radius 2 is 1.69 bits per heavy atom. The average molecular weight is 508 g/mol. The predicted octanol–water partition coefficient (Wildman–Crippen LogP) is 4.31. The molecule has 2 aromatic rings. The Morgan fingerprint density at radius 3 is 2.22 bits per heavy atom. The predicted molar refractivity (Wildman–Crippen MR) is 127 cm³/mol. The molecule has 0 spiro atoms. The van der Waals surface area contributed by atoms with Crippen molar-refractivity contribution in [2.75, 3.05) is 35.5 Å². The van der Waals surface area contributed by atoms with Crippen LogP contribution in [0.2, 0.25) is 0 Å². The van der Waals surface area contributed by atoms with Gasteiger partial charge in [0.1, 0.15) is 0 Å². The van der Waals surface area contributed by atoms with Crippen molar-refractivity contribution >= 4 is 11.9 Å². The van der Waals surface area contributed by atoms with E-state index in [0.717, 1.165) is 17.7 Å². The molecule has 1 unspecified atom stereocenters. The molecular formula is C25H28F3N3O5. The first-order chi connectivity index (χ1) is 17.0. The van der Waals surface area contributed by atoms with Gasteiger partial charge in [-0.25, -0.2) is 9.79 Å². The molecule has 3 rings (SSSR count). The summed E-state index contributed by atoms with van der Waals surface area (Å²) in [5, 5.41) is 3.11. The van der Waals surface area contributed by atoms with E-state index >= 15 is 0 Å². The number of hydrogen-bond donors (Lipinski definition) is 1. The largest absolute Gasteiger partial charge is 0.493 e. The fourth-order valence-corrected chi connectivity index (χ4v) is 3.91. The molecule has 1 N–H and O–H groups in total. The molecule has 1 aliphatic heterocycles. The number of halogens is 3. The van der Waals surface area contributed by atoms with Gasteiger partial charge in [-0.1, -0.05) is 12.1 Å². The molecule has 1 heterocycles. The lowest BCUT2D eigenvalue weighted by molar-refractivity contribution is -0.137. The van der Waals surface area contributed by atoms with Gasteiger partial charge >= 0.3 is 12.1 Å². The minimum absolute atomic E-state index is 0.180. The fourth-order valence-electron chi connectivity index (χ4n) is 3.91. The third kappa shape index (κ3) is 5.34. The van der Waals surface area contributed by atoms with Gasteiger partial charge in [0, 0.05) is 12.7 Å². The van der Waals surface area contributed by atoms with Crippen LogP contribution in [0.1, 0.15) is 29.7 Å². The van der Waals surface area contributed by atoms with Gasteiger partial charge in [-0.15, -0.1) is 0 Å².